The zero-order valence-electron chi connectivity index (χ0n) is 13.0. The number of hydrogen-bond acceptors (Lipinski definition) is 5. The van der Waals surface area contributed by atoms with Crippen LogP contribution in [0.4, 0.5) is 4.79 Å². The summed E-state index contributed by atoms with van der Waals surface area (Å²) in [5.41, 5.74) is 4.07. The Morgan fingerprint density at radius 1 is 1.05 bits per heavy atom. The third kappa shape index (κ3) is 6.25. The number of carbonyl (C=O) groups excluding carboxylic acids is 3. The molecule has 1 aromatic rings. The molecule has 7 heteroatoms. The topological polar surface area (TPSA) is 93.7 Å². The number of benzene rings is 1. The molecule has 0 unspecified atom stereocenters. The van der Waals surface area contributed by atoms with Crippen LogP contribution >= 0.6 is 0 Å². The van der Waals surface area contributed by atoms with E-state index in [1.807, 2.05) is 0 Å². The molecule has 1 rings (SSSR count). The molecule has 0 saturated heterocycles. The van der Waals surface area contributed by atoms with Crippen molar-refractivity contribution < 1.29 is 23.9 Å². The van der Waals surface area contributed by atoms with Gasteiger partial charge in [-0.3, -0.25) is 15.0 Å². The molecule has 0 spiro atoms. The van der Waals surface area contributed by atoms with Gasteiger partial charge in [0.25, 0.3) is 5.91 Å². The Morgan fingerprint density at radius 2 is 1.64 bits per heavy atom. The standard InChI is InChI=1S/C15H20N2O5/c1-10(18)21-12(11-8-6-5-7-9-11)13(19)16-17-14(20)22-15(2,3)4/h5-9,12H,1-4H3,(H,16,19)(H,17,20)/t12-/m1/s1. The fourth-order valence-electron chi connectivity index (χ4n) is 1.55. The van der Waals surface area contributed by atoms with Gasteiger partial charge in [-0.05, 0) is 20.8 Å². The number of hydrazine groups is 1. The summed E-state index contributed by atoms with van der Waals surface area (Å²) >= 11 is 0. The average molecular weight is 308 g/mol. The van der Waals surface area contributed by atoms with Crippen molar-refractivity contribution in [1.82, 2.24) is 10.9 Å². The van der Waals surface area contributed by atoms with E-state index in [-0.39, 0.29) is 0 Å². The van der Waals surface area contributed by atoms with E-state index in [2.05, 4.69) is 10.9 Å². The second kappa shape index (κ2) is 7.44. The molecule has 0 aliphatic carbocycles. The number of ether oxygens (including phenoxy) is 2. The first-order chi connectivity index (χ1) is 10.2. The van der Waals surface area contributed by atoms with Crippen LogP contribution in [0.3, 0.4) is 0 Å². The average Bonchev–Trinajstić information content (AvgIpc) is 2.41. The van der Waals surface area contributed by atoms with Gasteiger partial charge in [0.05, 0.1) is 0 Å². The minimum Gasteiger partial charge on any atom is -0.447 e. The third-order valence-corrected chi connectivity index (χ3v) is 2.31. The molecule has 0 aliphatic rings. The minimum atomic E-state index is -1.16. The number of nitrogens with one attached hydrogen (secondary N) is 2. The van der Waals surface area contributed by atoms with Crippen molar-refractivity contribution in [3.63, 3.8) is 0 Å². The van der Waals surface area contributed by atoms with Gasteiger partial charge in [0.15, 0.2) is 0 Å². The molecule has 0 bridgehead atoms. The maximum absolute atomic E-state index is 12.1. The van der Waals surface area contributed by atoms with Crippen LogP contribution in [0.2, 0.25) is 0 Å². The normalized spacial score (nSPS) is 12.0. The molecular formula is C15H20N2O5. The number of amides is 2. The lowest BCUT2D eigenvalue weighted by molar-refractivity contribution is -0.154. The maximum atomic E-state index is 12.1. The first kappa shape index (κ1) is 17.5. The molecule has 0 radical (unpaired) electrons. The molecule has 0 heterocycles. The van der Waals surface area contributed by atoms with Crippen LogP contribution in [0.5, 0.6) is 0 Å². The highest BCUT2D eigenvalue weighted by Gasteiger charge is 2.25. The van der Waals surface area contributed by atoms with Gasteiger partial charge < -0.3 is 9.47 Å². The van der Waals surface area contributed by atoms with E-state index in [4.69, 9.17) is 9.47 Å². The van der Waals surface area contributed by atoms with E-state index in [1.165, 1.54) is 6.92 Å². The van der Waals surface area contributed by atoms with Crippen molar-refractivity contribution >= 4 is 18.0 Å². The van der Waals surface area contributed by atoms with Crippen molar-refractivity contribution in [3.05, 3.63) is 35.9 Å². The van der Waals surface area contributed by atoms with Gasteiger partial charge in [-0.1, -0.05) is 30.3 Å². The number of esters is 1. The SMILES string of the molecule is CC(=O)O[C@@H](C(=O)NNC(=O)OC(C)(C)C)c1ccccc1. The zero-order chi connectivity index (χ0) is 16.8. The highest BCUT2D eigenvalue weighted by molar-refractivity contribution is 5.86. The molecule has 2 amide bonds. The van der Waals surface area contributed by atoms with Crippen LogP contribution in [-0.2, 0) is 19.1 Å². The van der Waals surface area contributed by atoms with Crippen LogP contribution in [0.25, 0.3) is 0 Å². The van der Waals surface area contributed by atoms with Crippen LogP contribution in [-0.4, -0.2) is 23.6 Å². The second-order valence-corrected chi connectivity index (χ2v) is 5.52. The molecular weight excluding hydrogens is 288 g/mol. The fraction of sp³-hybridized carbons (Fsp3) is 0.400. The summed E-state index contributed by atoms with van der Waals surface area (Å²) in [7, 11) is 0. The van der Waals surface area contributed by atoms with Gasteiger partial charge in [0, 0.05) is 12.5 Å². The van der Waals surface area contributed by atoms with Crippen LogP contribution in [0.1, 0.15) is 39.4 Å². The van der Waals surface area contributed by atoms with Gasteiger partial charge >= 0.3 is 12.1 Å². The highest BCUT2D eigenvalue weighted by atomic mass is 16.6. The minimum absolute atomic E-state index is 0.487. The molecule has 0 fully saturated rings. The summed E-state index contributed by atoms with van der Waals surface area (Å²) in [4.78, 5) is 34.7. The van der Waals surface area contributed by atoms with Gasteiger partial charge in [-0.15, -0.1) is 0 Å². The van der Waals surface area contributed by atoms with Gasteiger partial charge in [0.2, 0.25) is 6.10 Å². The lowest BCUT2D eigenvalue weighted by Crippen LogP contribution is -2.46. The Kier molecular flexibility index (Phi) is 5.91. The Balaban J connectivity index is 2.69. The van der Waals surface area contributed by atoms with Crippen molar-refractivity contribution in [2.75, 3.05) is 0 Å². The number of hydrogen-bond donors (Lipinski definition) is 2. The monoisotopic (exact) mass is 308 g/mol. The van der Waals surface area contributed by atoms with E-state index in [0.717, 1.165) is 0 Å². The highest BCUT2D eigenvalue weighted by Crippen LogP contribution is 2.17. The van der Waals surface area contributed by atoms with Crippen LogP contribution < -0.4 is 10.9 Å². The fourth-order valence-corrected chi connectivity index (χ4v) is 1.55. The predicted octanol–water partition coefficient (Wildman–Crippen LogP) is 1.85. The molecule has 2 N–H and O–H groups in total. The molecule has 22 heavy (non-hydrogen) atoms. The lowest BCUT2D eigenvalue weighted by atomic mass is 10.1. The summed E-state index contributed by atoms with van der Waals surface area (Å²) in [6.45, 7) is 6.28. The molecule has 1 atom stereocenters. The quantitative estimate of drug-likeness (QED) is 0.656. The third-order valence-electron chi connectivity index (χ3n) is 2.31. The Morgan fingerprint density at radius 3 is 2.14 bits per heavy atom. The summed E-state index contributed by atoms with van der Waals surface area (Å²) < 4.78 is 9.97. The predicted molar refractivity (Wildman–Crippen MR) is 78.5 cm³/mol. The molecule has 1 aromatic carbocycles. The molecule has 0 aromatic heterocycles. The van der Waals surface area contributed by atoms with Crippen molar-refractivity contribution in [3.8, 4) is 0 Å². The first-order valence-electron chi connectivity index (χ1n) is 6.70. The second-order valence-electron chi connectivity index (χ2n) is 5.52. The number of rotatable bonds is 3. The molecule has 7 nitrogen and oxygen atoms in total. The first-order valence-corrected chi connectivity index (χ1v) is 6.70. The van der Waals surface area contributed by atoms with Gasteiger partial charge in [-0.2, -0.15) is 0 Å². The van der Waals surface area contributed by atoms with Crippen LogP contribution in [0, 0.1) is 0 Å². The van der Waals surface area contributed by atoms with Crippen LogP contribution in [0.15, 0.2) is 30.3 Å². The largest absolute Gasteiger partial charge is 0.447 e. The summed E-state index contributed by atoms with van der Waals surface area (Å²) in [6, 6.07) is 8.47. The molecule has 0 saturated carbocycles. The smallest absolute Gasteiger partial charge is 0.426 e. The lowest BCUT2D eigenvalue weighted by Gasteiger charge is -2.21. The van der Waals surface area contributed by atoms with Crippen molar-refractivity contribution in [1.29, 1.82) is 0 Å². The Bertz CT molecular complexity index is 537. The van der Waals surface area contributed by atoms with E-state index in [0.29, 0.717) is 5.56 Å². The van der Waals surface area contributed by atoms with Gasteiger partial charge in [0.1, 0.15) is 5.60 Å². The summed E-state index contributed by atoms with van der Waals surface area (Å²) in [5, 5.41) is 0. The Labute approximate surface area is 128 Å². The zero-order valence-corrected chi connectivity index (χ0v) is 13.0. The van der Waals surface area contributed by atoms with E-state index < -0.39 is 29.7 Å². The van der Waals surface area contributed by atoms with E-state index in [1.54, 1.807) is 51.1 Å². The number of carbonyl (C=O) groups is 3. The van der Waals surface area contributed by atoms with Crippen molar-refractivity contribution in [2.24, 2.45) is 0 Å². The van der Waals surface area contributed by atoms with E-state index in [9.17, 15) is 14.4 Å². The van der Waals surface area contributed by atoms with Gasteiger partial charge in [-0.25, -0.2) is 10.2 Å². The maximum Gasteiger partial charge on any atom is 0.426 e. The molecule has 120 valence electrons. The summed E-state index contributed by atoms with van der Waals surface area (Å²) in [6.07, 6.45) is -1.97. The summed E-state index contributed by atoms with van der Waals surface area (Å²) in [5.74, 6) is -1.30. The Hall–Kier alpha value is -2.57. The van der Waals surface area contributed by atoms with Crippen molar-refractivity contribution in [2.45, 2.75) is 39.4 Å². The van der Waals surface area contributed by atoms with E-state index >= 15 is 0 Å². The molecule has 0 aliphatic heterocycles.